The molecule has 0 saturated heterocycles. The quantitative estimate of drug-likeness (QED) is 0.760. The monoisotopic (exact) mass is 212 g/mol. The maximum absolute atomic E-state index is 11.1. The summed E-state index contributed by atoms with van der Waals surface area (Å²) in [6, 6.07) is 0.521. The van der Waals surface area contributed by atoms with Crippen molar-refractivity contribution >= 4 is 28.3 Å². The lowest BCUT2D eigenvalue weighted by molar-refractivity contribution is 0.100. The minimum Gasteiger partial charge on any atom is -0.382 e. The van der Waals surface area contributed by atoms with Gasteiger partial charge in [0, 0.05) is 13.1 Å². The highest BCUT2D eigenvalue weighted by Crippen LogP contribution is 2.36. The molecule has 1 aromatic heterocycles. The summed E-state index contributed by atoms with van der Waals surface area (Å²) < 4.78 is 3.95. The molecular formula is C8H12N4OS. The summed E-state index contributed by atoms with van der Waals surface area (Å²) in [4.78, 5) is 13.2. The van der Waals surface area contributed by atoms with Crippen LogP contribution in [0.25, 0.3) is 0 Å². The number of rotatable bonds is 3. The predicted octanol–water partition coefficient (Wildman–Crippen LogP) is 0.423. The van der Waals surface area contributed by atoms with Crippen LogP contribution in [-0.2, 0) is 0 Å². The predicted molar refractivity (Wildman–Crippen MR) is 56.5 cm³/mol. The van der Waals surface area contributed by atoms with E-state index in [9.17, 15) is 4.79 Å². The first-order valence-electron chi connectivity index (χ1n) is 4.39. The highest BCUT2D eigenvalue weighted by Gasteiger charge is 2.30. The van der Waals surface area contributed by atoms with E-state index in [1.54, 1.807) is 0 Å². The van der Waals surface area contributed by atoms with Crippen molar-refractivity contribution < 1.29 is 4.79 Å². The van der Waals surface area contributed by atoms with E-state index >= 15 is 0 Å². The van der Waals surface area contributed by atoms with Crippen molar-refractivity contribution in [2.75, 3.05) is 17.7 Å². The molecule has 5 nitrogen and oxygen atoms in total. The van der Waals surface area contributed by atoms with Gasteiger partial charge in [-0.3, -0.25) is 4.79 Å². The van der Waals surface area contributed by atoms with E-state index in [2.05, 4.69) is 4.37 Å². The molecule has 0 spiro atoms. The maximum atomic E-state index is 11.1. The number of anilines is 2. The van der Waals surface area contributed by atoms with Gasteiger partial charge in [0.2, 0.25) is 0 Å². The molecule has 1 amide bonds. The lowest BCUT2D eigenvalue weighted by atomic mass is 10.3. The van der Waals surface area contributed by atoms with Crippen LogP contribution in [0.2, 0.25) is 0 Å². The topological polar surface area (TPSA) is 85.2 Å². The maximum Gasteiger partial charge on any atom is 0.255 e. The fourth-order valence-corrected chi connectivity index (χ4v) is 2.24. The molecule has 1 heterocycles. The summed E-state index contributed by atoms with van der Waals surface area (Å²) in [6.07, 6.45) is 2.32. The van der Waals surface area contributed by atoms with Crippen molar-refractivity contribution in [3.05, 3.63) is 5.56 Å². The Hall–Kier alpha value is -1.30. The number of amides is 1. The summed E-state index contributed by atoms with van der Waals surface area (Å²) in [5.74, 6) is -0.260. The number of primary amides is 1. The van der Waals surface area contributed by atoms with Gasteiger partial charge in [-0.2, -0.15) is 4.37 Å². The Labute approximate surface area is 85.9 Å². The molecule has 1 aromatic rings. The summed E-state index contributed by atoms with van der Waals surface area (Å²) in [6.45, 7) is 0. The van der Waals surface area contributed by atoms with Crippen molar-refractivity contribution in [1.82, 2.24) is 4.37 Å². The van der Waals surface area contributed by atoms with Crippen molar-refractivity contribution in [2.24, 2.45) is 5.73 Å². The molecule has 14 heavy (non-hydrogen) atoms. The average molecular weight is 212 g/mol. The van der Waals surface area contributed by atoms with Gasteiger partial charge in [-0.05, 0) is 24.4 Å². The summed E-state index contributed by atoms with van der Waals surface area (Å²) in [5.41, 5.74) is 11.2. The Morgan fingerprint density at radius 3 is 2.79 bits per heavy atom. The van der Waals surface area contributed by atoms with Gasteiger partial charge < -0.3 is 16.4 Å². The number of carbonyl (C=O) groups excluding carboxylic acids is 1. The van der Waals surface area contributed by atoms with E-state index < -0.39 is 5.91 Å². The van der Waals surface area contributed by atoms with E-state index in [1.165, 1.54) is 11.5 Å². The Morgan fingerprint density at radius 1 is 1.64 bits per heavy atom. The lowest BCUT2D eigenvalue weighted by Gasteiger charge is -2.16. The molecule has 1 aliphatic rings. The normalized spacial score (nSPS) is 15.5. The second kappa shape index (κ2) is 3.13. The van der Waals surface area contributed by atoms with E-state index in [0.29, 0.717) is 11.6 Å². The lowest BCUT2D eigenvalue weighted by Crippen LogP contribution is -2.23. The van der Waals surface area contributed by atoms with E-state index in [4.69, 9.17) is 11.5 Å². The van der Waals surface area contributed by atoms with Gasteiger partial charge >= 0.3 is 0 Å². The Bertz CT molecular complexity index is 371. The molecule has 1 fully saturated rings. The van der Waals surface area contributed by atoms with Gasteiger partial charge in [-0.15, -0.1) is 0 Å². The molecule has 0 unspecified atom stereocenters. The Balaban J connectivity index is 2.36. The second-order valence-electron chi connectivity index (χ2n) is 3.45. The van der Waals surface area contributed by atoms with Gasteiger partial charge in [-0.1, -0.05) is 0 Å². The van der Waals surface area contributed by atoms with E-state index in [-0.39, 0.29) is 5.82 Å². The summed E-state index contributed by atoms with van der Waals surface area (Å²) in [7, 11) is 1.94. The van der Waals surface area contributed by atoms with Crippen LogP contribution < -0.4 is 16.4 Å². The number of nitrogen functional groups attached to an aromatic ring is 1. The average Bonchev–Trinajstić information content (AvgIpc) is 2.88. The minimum absolute atomic E-state index is 0.241. The molecule has 0 aromatic carbocycles. The van der Waals surface area contributed by atoms with Crippen LogP contribution in [0.1, 0.15) is 23.2 Å². The molecule has 6 heteroatoms. The van der Waals surface area contributed by atoms with Gasteiger partial charge in [0.15, 0.2) is 5.82 Å². The third-order valence-electron chi connectivity index (χ3n) is 2.36. The van der Waals surface area contributed by atoms with Crippen LogP contribution in [0.15, 0.2) is 0 Å². The minimum atomic E-state index is -0.501. The molecule has 0 atom stereocenters. The third kappa shape index (κ3) is 1.41. The number of hydrogen-bond donors (Lipinski definition) is 2. The van der Waals surface area contributed by atoms with Crippen molar-refractivity contribution in [3.8, 4) is 0 Å². The molecule has 1 aliphatic carbocycles. The zero-order chi connectivity index (χ0) is 10.3. The standard InChI is InChI=1S/C8H12N4OS/c1-12(4-2-3-4)8-5(7(10)13)6(9)11-14-8/h4H,2-3H2,1H3,(H2,9,11)(H2,10,13). The molecule has 2 rings (SSSR count). The van der Waals surface area contributed by atoms with Crippen LogP contribution in [0.5, 0.6) is 0 Å². The third-order valence-corrected chi connectivity index (χ3v) is 3.31. The number of hydrogen-bond acceptors (Lipinski definition) is 5. The van der Waals surface area contributed by atoms with Crippen LogP contribution in [-0.4, -0.2) is 23.4 Å². The first-order chi connectivity index (χ1) is 6.61. The highest BCUT2D eigenvalue weighted by atomic mass is 32.1. The number of aromatic nitrogens is 1. The second-order valence-corrected chi connectivity index (χ2v) is 4.21. The van der Waals surface area contributed by atoms with Crippen LogP contribution >= 0.6 is 11.5 Å². The summed E-state index contributed by atoms with van der Waals surface area (Å²) in [5, 5.41) is 0.789. The van der Waals surface area contributed by atoms with Crippen LogP contribution in [0.3, 0.4) is 0 Å². The number of nitrogens with two attached hydrogens (primary N) is 2. The fourth-order valence-electron chi connectivity index (χ4n) is 1.39. The zero-order valence-corrected chi connectivity index (χ0v) is 8.67. The van der Waals surface area contributed by atoms with Gasteiger partial charge in [-0.25, -0.2) is 0 Å². The first kappa shape index (κ1) is 9.26. The Kier molecular flexibility index (Phi) is 2.07. The van der Waals surface area contributed by atoms with E-state index in [1.807, 2.05) is 11.9 Å². The zero-order valence-electron chi connectivity index (χ0n) is 7.86. The summed E-state index contributed by atoms with van der Waals surface area (Å²) >= 11 is 1.23. The number of nitrogens with zero attached hydrogens (tertiary/aromatic N) is 2. The molecule has 76 valence electrons. The van der Waals surface area contributed by atoms with Crippen LogP contribution in [0.4, 0.5) is 10.8 Å². The van der Waals surface area contributed by atoms with Gasteiger partial charge in [0.25, 0.3) is 5.91 Å². The van der Waals surface area contributed by atoms with Crippen molar-refractivity contribution in [2.45, 2.75) is 18.9 Å². The first-order valence-corrected chi connectivity index (χ1v) is 5.16. The largest absolute Gasteiger partial charge is 0.382 e. The molecule has 0 aliphatic heterocycles. The fraction of sp³-hybridized carbons (Fsp3) is 0.500. The van der Waals surface area contributed by atoms with Gasteiger partial charge in [0.1, 0.15) is 10.6 Å². The molecular weight excluding hydrogens is 200 g/mol. The molecule has 0 radical (unpaired) electrons. The van der Waals surface area contributed by atoms with Crippen molar-refractivity contribution in [3.63, 3.8) is 0 Å². The molecule has 4 N–H and O–H groups in total. The Morgan fingerprint density at radius 2 is 2.29 bits per heavy atom. The van der Waals surface area contributed by atoms with Gasteiger partial charge in [0.05, 0.1) is 0 Å². The van der Waals surface area contributed by atoms with E-state index in [0.717, 1.165) is 17.8 Å². The molecule has 0 bridgehead atoms. The molecule has 1 saturated carbocycles. The highest BCUT2D eigenvalue weighted by molar-refractivity contribution is 7.11. The smallest absolute Gasteiger partial charge is 0.255 e. The van der Waals surface area contributed by atoms with Crippen LogP contribution in [0, 0.1) is 0 Å². The SMILES string of the molecule is CN(c1snc(N)c1C(N)=O)C1CC1. The number of carbonyl (C=O) groups is 1. The van der Waals surface area contributed by atoms with Crippen molar-refractivity contribution in [1.29, 1.82) is 0 Å².